The first-order valence-corrected chi connectivity index (χ1v) is 9.01. The third-order valence-corrected chi connectivity index (χ3v) is 5.67. The van der Waals surface area contributed by atoms with E-state index >= 15 is 0 Å². The predicted octanol–water partition coefficient (Wildman–Crippen LogP) is 3.11. The lowest BCUT2D eigenvalue weighted by atomic mass is 10.0. The van der Waals surface area contributed by atoms with Gasteiger partial charge in [0.05, 0.1) is 0 Å². The van der Waals surface area contributed by atoms with Gasteiger partial charge in [-0.05, 0) is 56.2 Å². The predicted molar refractivity (Wildman–Crippen MR) is 87.3 cm³/mol. The first kappa shape index (κ1) is 15.4. The Morgan fingerprint density at radius 1 is 1.14 bits per heavy atom. The van der Waals surface area contributed by atoms with Crippen molar-refractivity contribution in [1.82, 2.24) is 4.90 Å². The monoisotopic (exact) mass is 319 g/mol. The molecule has 2 fully saturated rings. The first-order chi connectivity index (χ1) is 10.6. The van der Waals surface area contributed by atoms with Crippen molar-refractivity contribution < 1.29 is 14.3 Å². The number of nitrogens with zero attached hydrogens (tertiary/aromatic N) is 1. The second-order valence-electron chi connectivity index (χ2n) is 6.04. The van der Waals surface area contributed by atoms with Gasteiger partial charge in [-0.3, -0.25) is 9.59 Å². The van der Waals surface area contributed by atoms with E-state index in [9.17, 15) is 9.59 Å². The largest absolute Gasteiger partial charge is 0.427 e. The van der Waals surface area contributed by atoms with Crippen LogP contribution in [0.3, 0.4) is 0 Å². The van der Waals surface area contributed by atoms with Gasteiger partial charge in [0, 0.05) is 29.8 Å². The summed E-state index contributed by atoms with van der Waals surface area (Å²) in [5, 5.41) is 0.688. The molecule has 0 aromatic heterocycles. The summed E-state index contributed by atoms with van der Waals surface area (Å²) in [6.45, 7) is 1.37. The molecule has 2 atom stereocenters. The van der Waals surface area contributed by atoms with E-state index in [0.717, 1.165) is 25.7 Å². The molecule has 0 N–H and O–H groups in total. The van der Waals surface area contributed by atoms with Gasteiger partial charge in [-0.1, -0.05) is 0 Å². The van der Waals surface area contributed by atoms with Gasteiger partial charge in [-0.2, -0.15) is 11.8 Å². The molecule has 2 saturated heterocycles. The third-order valence-electron chi connectivity index (χ3n) is 4.62. The van der Waals surface area contributed by atoms with E-state index in [2.05, 4.69) is 11.2 Å². The van der Waals surface area contributed by atoms with Crippen LogP contribution in [-0.2, 0) is 4.79 Å². The number of ether oxygens (including phenoxy) is 1. The number of carbonyl (C=O) groups is 2. The maximum Gasteiger partial charge on any atom is 0.308 e. The molecule has 2 aliphatic rings. The van der Waals surface area contributed by atoms with Gasteiger partial charge in [0.1, 0.15) is 5.75 Å². The molecule has 3 rings (SSSR count). The molecule has 2 bridgehead atoms. The summed E-state index contributed by atoms with van der Waals surface area (Å²) >= 11 is 1.92. The summed E-state index contributed by atoms with van der Waals surface area (Å²) in [4.78, 5) is 25.8. The minimum Gasteiger partial charge on any atom is -0.427 e. The number of hydrogen-bond acceptors (Lipinski definition) is 4. The highest BCUT2D eigenvalue weighted by atomic mass is 32.2. The minimum atomic E-state index is -0.351. The van der Waals surface area contributed by atoms with Crippen molar-refractivity contribution in [3.63, 3.8) is 0 Å². The Kier molecular flexibility index (Phi) is 4.43. The SMILES string of the molecule is CSC1CC2CCC(C1)N2C(=O)c1ccc(OC(C)=O)cc1. The molecule has 0 spiro atoms. The van der Waals surface area contributed by atoms with E-state index in [0.29, 0.717) is 28.6 Å². The average molecular weight is 319 g/mol. The van der Waals surface area contributed by atoms with E-state index in [1.165, 1.54) is 6.92 Å². The Morgan fingerprint density at radius 2 is 1.73 bits per heavy atom. The zero-order valence-corrected chi connectivity index (χ0v) is 13.8. The standard InChI is InChI=1S/C17H21NO3S/c1-11(19)21-15-7-3-12(4-8-15)17(20)18-13-5-6-14(18)10-16(9-13)22-2/h3-4,7-8,13-14,16H,5-6,9-10H2,1-2H3. The minimum absolute atomic E-state index is 0.112. The average Bonchev–Trinajstić information content (AvgIpc) is 2.76. The molecule has 2 unspecified atom stereocenters. The van der Waals surface area contributed by atoms with Gasteiger partial charge in [0.15, 0.2) is 0 Å². The van der Waals surface area contributed by atoms with Crippen molar-refractivity contribution in [2.75, 3.05) is 6.26 Å². The Bertz CT molecular complexity index is 558. The van der Waals surface area contributed by atoms with Crippen molar-refractivity contribution in [3.05, 3.63) is 29.8 Å². The molecule has 2 heterocycles. The van der Waals surface area contributed by atoms with Crippen LogP contribution in [0.2, 0.25) is 0 Å². The van der Waals surface area contributed by atoms with Crippen LogP contribution >= 0.6 is 11.8 Å². The van der Waals surface area contributed by atoms with E-state index < -0.39 is 0 Å². The summed E-state index contributed by atoms with van der Waals surface area (Å²) in [5.74, 6) is 0.241. The number of esters is 1. The Labute approximate surface area is 135 Å². The number of benzene rings is 1. The molecule has 0 radical (unpaired) electrons. The summed E-state index contributed by atoms with van der Waals surface area (Å²) in [7, 11) is 0. The zero-order chi connectivity index (χ0) is 15.7. The smallest absolute Gasteiger partial charge is 0.308 e. The van der Waals surface area contributed by atoms with Crippen LogP contribution in [0.4, 0.5) is 0 Å². The Hall–Kier alpha value is -1.49. The third kappa shape index (κ3) is 3.00. The molecule has 5 heteroatoms. The fraction of sp³-hybridized carbons (Fsp3) is 0.529. The second-order valence-corrected chi connectivity index (χ2v) is 7.18. The first-order valence-electron chi connectivity index (χ1n) is 7.72. The van der Waals surface area contributed by atoms with Crippen molar-refractivity contribution in [2.45, 2.75) is 49.9 Å². The quantitative estimate of drug-likeness (QED) is 0.634. The summed E-state index contributed by atoms with van der Waals surface area (Å²) in [5.41, 5.74) is 0.676. The Morgan fingerprint density at radius 3 is 2.23 bits per heavy atom. The highest BCUT2D eigenvalue weighted by molar-refractivity contribution is 7.99. The van der Waals surface area contributed by atoms with Crippen LogP contribution < -0.4 is 4.74 Å². The molecule has 2 aliphatic heterocycles. The highest BCUT2D eigenvalue weighted by Crippen LogP contribution is 2.40. The summed E-state index contributed by atoms with van der Waals surface area (Å²) < 4.78 is 5.01. The van der Waals surface area contributed by atoms with E-state index in [4.69, 9.17) is 4.74 Å². The Balaban J connectivity index is 1.73. The molecule has 1 amide bonds. The topological polar surface area (TPSA) is 46.6 Å². The number of amides is 1. The molecule has 22 heavy (non-hydrogen) atoms. The fourth-order valence-corrected chi connectivity index (χ4v) is 4.46. The van der Waals surface area contributed by atoms with Gasteiger partial charge in [0.25, 0.3) is 5.91 Å². The van der Waals surface area contributed by atoms with Crippen LogP contribution in [0, 0.1) is 0 Å². The van der Waals surface area contributed by atoms with Crippen molar-refractivity contribution in [2.24, 2.45) is 0 Å². The molecule has 0 saturated carbocycles. The van der Waals surface area contributed by atoms with E-state index in [1.807, 2.05) is 11.8 Å². The van der Waals surface area contributed by atoms with Gasteiger partial charge >= 0.3 is 5.97 Å². The van der Waals surface area contributed by atoms with Gasteiger partial charge in [-0.25, -0.2) is 0 Å². The van der Waals surface area contributed by atoms with E-state index in [-0.39, 0.29) is 11.9 Å². The maximum absolute atomic E-state index is 12.8. The van der Waals surface area contributed by atoms with Gasteiger partial charge in [-0.15, -0.1) is 0 Å². The number of fused-ring (bicyclic) bond motifs is 2. The highest BCUT2D eigenvalue weighted by Gasteiger charge is 2.43. The molecule has 0 aliphatic carbocycles. The zero-order valence-electron chi connectivity index (χ0n) is 13.0. The molecule has 118 valence electrons. The summed E-state index contributed by atoms with van der Waals surface area (Å²) in [6.07, 6.45) is 6.62. The lowest BCUT2D eigenvalue weighted by Crippen LogP contribution is -2.47. The number of carbonyl (C=O) groups excluding carboxylic acids is 2. The van der Waals surface area contributed by atoms with E-state index in [1.54, 1.807) is 24.3 Å². The van der Waals surface area contributed by atoms with Crippen molar-refractivity contribution in [1.29, 1.82) is 0 Å². The van der Waals surface area contributed by atoms with Gasteiger partial charge < -0.3 is 9.64 Å². The molecule has 4 nitrogen and oxygen atoms in total. The van der Waals surface area contributed by atoms with Crippen LogP contribution in [0.25, 0.3) is 0 Å². The van der Waals surface area contributed by atoms with Crippen molar-refractivity contribution >= 4 is 23.6 Å². The number of thioether (sulfide) groups is 1. The van der Waals surface area contributed by atoms with Crippen LogP contribution in [0.5, 0.6) is 5.75 Å². The van der Waals surface area contributed by atoms with Gasteiger partial charge in [0.2, 0.25) is 0 Å². The number of hydrogen-bond donors (Lipinski definition) is 0. The lowest BCUT2D eigenvalue weighted by molar-refractivity contribution is -0.131. The molecule has 1 aromatic rings. The van der Waals surface area contributed by atoms with Crippen LogP contribution in [-0.4, -0.2) is 40.4 Å². The molecular formula is C17H21NO3S. The second kappa shape index (κ2) is 6.32. The molecular weight excluding hydrogens is 298 g/mol. The van der Waals surface area contributed by atoms with Crippen LogP contribution in [0.1, 0.15) is 43.0 Å². The number of rotatable bonds is 3. The molecule has 1 aromatic carbocycles. The number of piperidine rings is 1. The normalized spacial score (nSPS) is 26.8. The maximum atomic E-state index is 12.8. The van der Waals surface area contributed by atoms with Crippen molar-refractivity contribution in [3.8, 4) is 5.75 Å². The summed E-state index contributed by atoms with van der Waals surface area (Å²) in [6, 6.07) is 7.64. The lowest BCUT2D eigenvalue weighted by Gasteiger charge is -2.38. The van der Waals surface area contributed by atoms with Crippen LogP contribution in [0.15, 0.2) is 24.3 Å². The fourth-order valence-electron chi connectivity index (χ4n) is 3.63.